The third-order valence-corrected chi connectivity index (χ3v) is 9.30. The average molecular weight is 621 g/mol. The molecule has 222 valence electrons. The van der Waals surface area contributed by atoms with Crippen LogP contribution in [0.3, 0.4) is 0 Å². The number of carboxylic acid groups (broad SMARTS) is 1. The molecular weight excluding hydrogens is 596 g/mol. The lowest BCUT2D eigenvalue weighted by Gasteiger charge is -2.49. The highest BCUT2D eigenvalue weighted by molar-refractivity contribution is 8.00. The van der Waals surface area contributed by atoms with Crippen molar-refractivity contribution in [2.24, 2.45) is 0 Å². The Balaban J connectivity index is 1.50. The van der Waals surface area contributed by atoms with Gasteiger partial charge < -0.3 is 20.5 Å². The molecule has 18 heteroatoms. The molecule has 42 heavy (non-hydrogen) atoms. The fourth-order valence-corrected chi connectivity index (χ4v) is 6.83. The highest BCUT2D eigenvalue weighted by Gasteiger charge is 2.54. The molecule has 1 aromatic rings. The summed E-state index contributed by atoms with van der Waals surface area (Å²) < 4.78 is 29.7. The van der Waals surface area contributed by atoms with Gasteiger partial charge in [-0.2, -0.15) is 5.26 Å². The summed E-state index contributed by atoms with van der Waals surface area (Å²) in [7, 11) is -4.27. The number of amides is 6. The topological polar surface area (TPSA) is 224 Å². The first-order chi connectivity index (χ1) is 19.9. The lowest BCUT2D eigenvalue weighted by atomic mass is 10.0. The Bertz CT molecular complexity index is 1520. The number of hydrogen-bond donors (Lipinski definition) is 3. The highest BCUT2D eigenvalue weighted by atomic mass is 32.2. The van der Waals surface area contributed by atoms with Gasteiger partial charge in [0.15, 0.2) is 5.75 Å². The number of aliphatic carboxylic acids is 1. The quantitative estimate of drug-likeness (QED) is 0.231. The summed E-state index contributed by atoms with van der Waals surface area (Å²) in [4.78, 5) is 76.8. The molecule has 1 aromatic carbocycles. The van der Waals surface area contributed by atoms with Gasteiger partial charge in [-0.3, -0.25) is 19.3 Å². The number of rotatable bonds is 9. The van der Waals surface area contributed by atoms with Gasteiger partial charge in [0.25, 0.3) is 15.9 Å². The second kappa shape index (κ2) is 12.1. The number of nitrogens with one attached hydrogen (secondary N) is 2. The molecule has 3 aliphatic rings. The van der Waals surface area contributed by atoms with Crippen LogP contribution in [0.1, 0.15) is 18.5 Å². The zero-order valence-corrected chi connectivity index (χ0v) is 23.5. The van der Waals surface area contributed by atoms with Crippen LogP contribution < -0.4 is 10.6 Å². The van der Waals surface area contributed by atoms with E-state index in [0.717, 1.165) is 23.6 Å². The fourth-order valence-electron chi connectivity index (χ4n) is 4.49. The van der Waals surface area contributed by atoms with Crippen molar-refractivity contribution in [3.8, 4) is 6.07 Å². The molecule has 3 aliphatic heterocycles. The van der Waals surface area contributed by atoms with Crippen LogP contribution in [0.5, 0.6) is 0 Å². The fraction of sp³-hybridized carbons (Fsp3) is 0.375. The SMILES string of the molecule is CC(=O)OCC1=C(C(=O)O)N2C(=O)C(NC(=O)[C@H](NC(=O)N3CCN(S(=O)(=O)CC#N)C3=O)c3ccccc3)[C@H]2SC1. The van der Waals surface area contributed by atoms with Gasteiger partial charge in [0.05, 0.1) is 19.2 Å². The molecule has 2 saturated heterocycles. The highest BCUT2D eigenvalue weighted by Crippen LogP contribution is 2.40. The molecular formula is C24H24N6O10S2. The molecule has 3 heterocycles. The van der Waals surface area contributed by atoms with Crippen LogP contribution in [-0.4, -0.2) is 106 Å². The Labute approximate surface area is 243 Å². The Morgan fingerprint density at radius 3 is 2.50 bits per heavy atom. The molecule has 2 fully saturated rings. The molecule has 0 spiro atoms. The number of β-lactam (4-membered cyclic amide) rings is 1. The van der Waals surface area contributed by atoms with E-state index in [9.17, 15) is 42.3 Å². The molecule has 1 unspecified atom stereocenters. The van der Waals surface area contributed by atoms with E-state index in [4.69, 9.17) is 10.00 Å². The van der Waals surface area contributed by atoms with Crippen LogP contribution in [0, 0.1) is 11.3 Å². The first kappa shape index (κ1) is 30.3. The number of nitriles is 1. The minimum atomic E-state index is -4.27. The number of imide groups is 1. The summed E-state index contributed by atoms with van der Waals surface area (Å²) in [6, 6.07) is 4.44. The van der Waals surface area contributed by atoms with Crippen LogP contribution in [-0.2, 0) is 33.9 Å². The summed E-state index contributed by atoms with van der Waals surface area (Å²) in [6.07, 6.45) is 0. The van der Waals surface area contributed by atoms with Gasteiger partial charge in [-0.1, -0.05) is 30.3 Å². The Hall–Kier alpha value is -4.63. The predicted octanol–water partition coefficient (Wildman–Crippen LogP) is -0.670. The minimum absolute atomic E-state index is 0.108. The van der Waals surface area contributed by atoms with Gasteiger partial charge in [-0.25, -0.2) is 32.0 Å². The van der Waals surface area contributed by atoms with E-state index in [1.807, 2.05) is 0 Å². The summed E-state index contributed by atoms with van der Waals surface area (Å²) in [6.45, 7) is 0.147. The zero-order chi connectivity index (χ0) is 30.8. The van der Waals surface area contributed by atoms with Crippen LogP contribution in [0.25, 0.3) is 0 Å². The summed E-state index contributed by atoms with van der Waals surface area (Å²) in [5, 5.41) is 22.6. The lowest BCUT2D eigenvalue weighted by molar-refractivity contribution is -0.151. The smallest absolute Gasteiger partial charge is 0.352 e. The number of sulfonamides is 1. The first-order valence-electron chi connectivity index (χ1n) is 12.3. The van der Waals surface area contributed by atoms with Crippen molar-refractivity contribution in [3.63, 3.8) is 0 Å². The van der Waals surface area contributed by atoms with E-state index < -0.39 is 69.0 Å². The van der Waals surface area contributed by atoms with Gasteiger partial charge >= 0.3 is 24.0 Å². The number of urea groups is 2. The summed E-state index contributed by atoms with van der Waals surface area (Å²) in [5.41, 5.74) is 0.151. The third kappa shape index (κ3) is 5.87. The van der Waals surface area contributed by atoms with E-state index in [-0.39, 0.29) is 42.3 Å². The maximum atomic E-state index is 13.4. The third-order valence-electron chi connectivity index (χ3n) is 6.46. The molecule has 0 bridgehead atoms. The van der Waals surface area contributed by atoms with Crippen molar-refractivity contribution in [2.45, 2.75) is 24.4 Å². The van der Waals surface area contributed by atoms with E-state index in [2.05, 4.69) is 10.6 Å². The number of carboxylic acids is 1. The van der Waals surface area contributed by atoms with E-state index in [1.165, 1.54) is 18.2 Å². The van der Waals surface area contributed by atoms with Gasteiger partial charge in [0.2, 0.25) is 5.91 Å². The Kier molecular flexibility index (Phi) is 8.72. The molecule has 0 radical (unpaired) electrons. The van der Waals surface area contributed by atoms with E-state index in [0.29, 0.717) is 9.21 Å². The van der Waals surface area contributed by atoms with Gasteiger partial charge in [0.1, 0.15) is 29.8 Å². The molecule has 0 aromatic heterocycles. The van der Waals surface area contributed by atoms with Crippen LogP contribution in [0.4, 0.5) is 9.59 Å². The number of carbonyl (C=O) groups is 6. The normalized spacial score (nSPS) is 20.7. The first-order valence-corrected chi connectivity index (χ1v) is 14.9. The molecule has 16 nitrogen and oxygen atoms in total. The largest absolute Gasteiger partial charge is 0.477 e. The number of esters is 1. The molecule has 4 rings (SSSR count). The molecule has 3 atom stereocenters. The lowest BCUT2D eigenvalue weighted by Crippen LogP contribution is -2.71. The maximum Gasteiger partial charge on any atom is 0.352 e. The Morgan fingerprint density at radius 2 is 1.88 bits per heavy atom. The number of nitrogens with zero attached hydrogens (tertiary/aromatic N) is 4. The van der Waals surface area contributed by atoms with Crippen molar-refractivity contribution < 1.29 is 47.0 Å². The summed E-state index contributed by atoms with van der Waals surface area (Å²) >= 11 is 1.15. The number of ether oxygens (including phenoxy) is 1. The monoisotopic (exact) mass is 620 g/mol. The van der Waals surface area contributed by atoms with Crippen molar-refractivity contribution >= 4 is 57.6 Å². The van der Waals surface area contributed by atoms with Gasteiger partial charge in [-0.05, 0) is 5.56 Å². The van der Waals surface area contributed by atoms with Crippen LogP contribution >= 0.6 is 11.8 Å². The number of thioether (sulfide) groups is 1. The molecule has 6 amide bonds. The minimum Gasteiger partial charge on any atom is -0.477 e. The second-order valence-corrected chi connectivity index (χ2v) is 12.1. The standard InChI is InChI=1S/C24H24N6O10S2/c1-13(31)40-11-15-12-41-21-17(20(33)30(21)18(15)22(34)35)26-19(32)16(14-5-3-2-4-6-14)27-23(36)28-8-9-29(24(28)37)42(38,39)10-7-25/h2-6,16-17,21H,8-12H2,1H3,(H,26,32)(H,27,36)(H,34,35)/t16-,17?,21-/m1/s1. The van der Waals surface area contributed by atoms with E-state index >= 15 is 0 Å². The molecule has 3 N–H and O–H groups in total. The molecule has 0 aliphatic carbocycles. The maximum absolute atomic E-state index is 13.4. The van der Waals surface area contributed by atoms with Gasteiger partial charge in [0, 0.05) is 18.2 Å². The predicted molar refractivity (Wildman–Crippen MR) is 142 cm³/mol. The number of carbonyl (C=O) groups excluding carboxylic acids is 5. The molecule has 0 saturated carbocycles. The van der Waals surface area contributed by atoms with Gasteiger partial charge in [-0.15, -0.1) is 11.8 Å². The van der Waals surface area contributed by atoms with E-state index in [1.54, 1.807) is 18.2 Å². The van der Waals surface area contributed by atoms with Crippen molar-refractivity contribution in [2.75, 3.05) is 31.2 Å². The average Bonchev–Trinajstić information content (AvgIpc) is 3.35. The number of fused-ring (bicyclic) bond motifs is 1. The number of hydrogen-bond acceptors (Lipinski definition) is 11. The van der Waals surface area contributed by atoms with Crippen molar-refractivity contribution in [1.82, 2.24) is 24.7 Å². The summed E-state index contributed by atoms with van der Waals surface area (Å²) in [5.74, 6) is -4.46. The van der Waals surface area contributed by atoms with Crippen molar-refractivity contribution in [3.05, 3.63) is 47.2 Å². The number of benzene rings is 1. The zero-order valence-electron chi connectivity index (χ0n) is 21.9. The van der Waals surface area contributed by atoms with Crippen molar-refractivity contribution in [1.29, 1.82) is 5.26 Å². The Morgan fingerprint density at radius 1 is 1.19 bits per heavy atom. The van der Waals surface area contributed by atoms with Crippen LogP contribution in [0.15, 0.2) is 41.6 Å². The second-order valence-electron chi connectivity index (χ2n) is 9.15. The van der Waals surface area contributed by atoms with Crippen LogP contribution in [0.2, 0.25) is 0 Å².